The Morgan fingerprint density at radius 1 is 1.56 bits per heavy atom. The molecule has 0 atom stereocenters. The smallest absolute Gasteiger partial charge is 0.327 e. The van der Waals surface area contributed by atoms with E-state index in [-0.39, 0.29) is 0 Å². The molecule has 1 N–H and O–H groups in total. The van der Waals surface area contributed by atoms with Crippen LogP contribution in [0, 0.1) is 0 Å². The first-order chi connectivity index (χ1) is 4.27. The van der Waals surface area contributed by atoms with E-state index in [1.807, 2.05) is 0 Å². The van der Waals surface area contributed by atoms with Gasteiger partial charge in [0, 0.05) is 11.6 Å². The lowest BCUT2D eigenvalue weighted by molar-refractivity contribution is -0.131. The number of aliphatic carboxylic acids is 1. The van der Waals surface area contributed by atoms with Gasteiger partial charge in [-0.15, -0.1) is 0 Å². The summed E-state index contributed by atoms with van der Waals surface area (Å²) < 4.78 is 0. The van der Waals surface area contributed by atoms with Crippen molar-refractivity contribution in [3.8, 4) is 0 Å². The highest BCUT2D eigenvalue weighted by atomic mass is 35.5. The third kappa shape index (κ3) is 7.24. The second kappa shape index (κ2) is 5.38. The van der Waals surface area contributed by atoms with Crippen molar-refractivity contribution in [2.24, 2.45) is 0 Å². The molecule has 0 heterocycles. The maximum atomic E-state index is 9.82. The molecule has 9 heavy (non-hydrogen) atoms. The third-order valence-corrected chi connectivity index (χ3v) is 0.800. The van der Waals surface area contributed by atoms with E-state index in [2.05, 4.69) is 0 Å². The Labute approximate surface area is 58.4 Å². The number of rotatable bonds is 3. The molecule has 2 nitrogen and oxygen atoms in total. The Morgan fingerprint density at radius 3 is 2.67 bits per heavy atom. The van der Waals surface area contributed by atoms with E-state index in [9.17, 15) is 4.79 Å². The van der Waals surface area contributed by atoms with Crippen molar-refractivity contribution < 1.29 is 9.90 Å². The molecule has 0 saturated heterocycles. The lowest BCUT2D eigenvalue weighted by Gasteiger charge is -1.76. The van der Waals surface area contributed by atoms with Gasteiger partial charge in [-0.3, -0.25) is 0 Å². The van der Waals surface area contributed by atoms with E-state index in [1.54, 1.807) is 6.08 Å². The van der Waals surface area contributed by atoms with Crippen LogP contribution in [-0.4, -0.2) is 11.1 Å². The highest BCUT2D eigenvalue weighted by molar-refractivity contribution is 6.25. The van der Waals surface area contributed by atoms with Gasteiger partial charge in [0.2, 0.25) is 0 Å². The summed E-state index contributed by atoms with van der Waals surface area (Å²) in [6.45, 7) is 0. The fourth-order valence-corrected chi connectivity index (χ4v) is 0.402. The SMILES string of the molecule is O=C(O)C=CCC=CCl. The summed E-state index contributed by atoms with van der Waals surface area (Å²) >= 11 is 5.15. The Balaban J connectivity index is 3.36. The van der Waals surface area contributed by atoms with Crippen LogP contribution in [0.1, 0.15) is 6.42 Å². The summed E-state index contributed by atoms with van der Waals surface area (Å²) in [4.78, 5) is 9.82. The number of carbonyl (C=O) groups is 1. The fraction of sp³-hybridized carbons (Fsp3) is 0.167. The minimum atomic E-state index is -0.932. The van der Waals surface area contributed by atoms with Gasteiger partial charge < -0.3 is 5.11 Å². The summed E-state index contributed by atoms with van der Waals surface area (Å²) in [5.41, 5.74) is 1.35. The van der Waals surface area contributed by atoms with E-state index in [0.717, 1.165) is 6.08 Å². The Hall–Kier alpha value is -0.760. The van der Waals surface area contributed by atoms with Gasteiger partial charge in [0.1, 0.15) is 0 Å². The van der Waals surface area contributed by atoms with Crippen LogP contribution in [0.15, 0.2) is 23.8 Å². The van der Waals surface area contributed by atoms with E-state index < -0.39 is 5.97 Å². The summed E-state index contributed by atoms with van der Waals surface area (Å²) in [6.07, 6.45) is 4.81. The number of hydrogen-bond donors (Lipinski definition) is 1. The minimum Gasteiger partial charge on any atom is -0.478 e. The lowest BCUT2D eigenvalue weighted by Crippen LogP contribution is -1.84. The number of halogens is 1. The molecule has 50 valence electrons. The second-order valence-corrected chi connectivity index (χ2v) is 1.59. The molecule has 0 aromatic rings. The van der Waals surface area contributed by atoms with Crippen molar-refractivity contribution in [2.45, 2.75) is 6.42 Å². The summed E-state index contributed by atoms with van der Waals surface area (Å²) in [5, 5.41) is 8.07. The number of carboxylic acid groups (broad SMARTS) is 1. The van der Waals surface area contributed by atoms with Crippen LogP contribution in [0.25, 0.3) is 0 Å². The molecular formula is C6H7ClO2. The quantitative estimate of drug-likeness (QED) is 0.617. The highest BCUT2D eigenvalue weighted by Crippen LogP contribution is 1.87. The first-order valence-electron chi connectivity index (χ1n) is 2.42. The lowest BCUT2D eigenvalue weighted by atomic mass is 10.4. The van der Waals surface area contributed by atoms with E-state index in [4.69, 9.17) is 16.7 Å². The van der Waals surface area contributed by atoms with E-state index in [1.165, 1.54) is 11.6 Å². The van der Waals surface area contributed by atoms with Crippen LogP contribution < -0.4 is 0 Å². The topological polar surface area (TPSA) is 37.3 Å². The van der Waals surface area contributed by atoms with Crippen molar-refractivity contribution in [1.29, 1.82) is 0 Å². The van der Waals surface area contributed by atoms with Crippen LogP contribution in [-0.2, 0) is 4.79 Å². The van der Waals surface area contributed by atoms with E-state index >= 15 is 0 Å². The summed E-state index contributed by atoms with van der Waals surface area (Å²) in [7, 11) is 0. The van der Waals surface area contributed by atoms with Crippen molar-refractivity contribution in [1.82, 2.24) is 0 Å². The van der Waals surface area contributed by atoms with Gasteiger partial charge in [0.25, 0.3) is 0 Å². The van der Waals surface area contributed by atoms with Gasteiger partial charge in [-0.05, 0) is 6.42 Å². The maximum absolute atomic E-state index is 9.82. The molecule has 0 amide bonds. The van der Waals surface area contributed by atoms with Gasteiger partial charge in [-0.2, -0.15) is 0 Å². The first kappa shape index (κ1) is 8.24. The molecule has 0 saturated carbocycles. The third-order valence-electron chi connectivity index (χ3n) is 0.622. The zero-order chi connectivity index (χ0) is 7.11. The van der Waals surface area contributed by atoms with Gasteiger partial charge in [-0.25, -0.2) is 4.79 Å². The molecule has 0 bridgehead atoms. The molecule has 0 aliphatic rings. The van der Waals surface area contributed by atoms with Gasteiger partial charge >= 0.3 is 5.97 Å². The molecule has 0 rings (SSSR count). The standard InChI is InChI=1S/C6H7ClO2/c7-5-3-1-2-4-6(8)9/h2-5H,1H2,(H,8,9). The van der Waals surface area contributed by atoms with Gasteiger partial charge in [-0.1, -0.05) is 23.8 Å². The zero-order valence-corrected chi connectivity index (χ0v) is 5.51. The molecule has 0 fully saturated rings. The number of carboxylic acids is 1. The average Bonchev–Trinajstić information content (AvgIpc) is 1.80. The summed E-state index contributed by atoms with van der Waals surface area (Å²) in [5.74, 6) is -0.932. The molecule has 3 heteroatoms. The molecule has 0 aromatic heterocycles. The van der Waals surface area contributed by atoms with Gasteiger partial charge in [0.05, 0.1) is 0 Å². The predicted octanol–water partition coefficient (Wildman–Crippen LogP) is 1.77. The molecule has 0 aliphatic carbocycles. The molecule has 0 unspecified atom stereocenters. The molecule has 0 aliphatic heterocycles. The molecule has 0 aromatic carbocycles. The van der Waals surface area contributed by atoms with Gasteiger partial charge in [0.15, 0.2) is 0 Å². The van der Waals surface area contributed by atoms with Crippen molar-refractivity contribution in [3.63, 3.8) is 0 Å². The normalized spacial score (nSPS) is 11.2. The minimum absolute atomic E-state index is 0.565. The molecule has 0 radical (unpaired) electrons. The predicted molar refractivity (Wildman–Crippen MR) is 36.4 cm³/mol. The maximum Gasteiger partial charge on any atom is 0.327 e. The average molecular weight is 147 g/mol. The van der Waals surface area contributed by atoms with Crippen molar-refractivity contribution in [2.75, 3.05) is 0 Å². The monoisotopic (exact) mass is 146 g/mol. The Morgan fingerprint density at radius 2 is 2.22 bits per heavy atom. The van der Waals surface area contributed by atoms with Crippen LogP contribution in [0.4, 0.5) is 0 Å². The number of hydrogen-bond acceptors (Lipinski definition) is 1. The fourth-order valence-electron chi connectivity index (χ4n) is 0.299. The zero-order valence-electron chi connectivity index (χ0n) is 4.75. The largest absolute Gasteiger partial charge is 0.478 e. The second-order valence-electron chi connectivity index (χ2n) is 1.34. The van der Waals surface area contributed by atoms with E-state index in [0.29, 0.717) is 6.42 Å². The van der Waals surface area contributed by atoms with Crippen molar-refractivity contribution in [3.05, 3.63) is 23.8 Å². The molecule has 0 spiro atoms. The Kier molecular flexibility index (Phi) is 4.92. The van der Waals surface area contributed by atoms with Crippen LogP contribution >= 0.6 is 11.6 Å². The molecular weight excluding hydrogens is 140 g/mol. The van der Waals surface area contributed by atoms with Crippen LogP contribution in [0.3, 0.4) is 0 Å². The van der Waals surface area contributed by atoms with Crippen LogP contribution in [0.2, 0.25) is 0 Å². The highest BCUT2D eigenvalue weighted by Gasteiger charge is 1.80. The van der Waals surface area contributed by atoms with Crippen LogP contribution in [0.5, 0.6) is 0 Å². The Bertz CT molecular complexity index is 138. The number of allylic oxidation sites excluding steroid dienone is 2. The first-order valence-corrected chi connectivity index (χ1v) is 2.85. The van der Waals surface area contributed by atoms with Crippen molar-refractivity contribution >= 4 is 17.6 Å². The summed E-state index contributed by atoms with van der Waals surface area (Å²) in [6, 6.07) is 0.